The van der Waals surface area contributed by atoms with E-state index < -0.39 is 0 Å². The topological polar surface area (TPSA) is 26.0 Å². The van der Waals surface area contributed by atoms with E-state index in [2.05, 4.69) is 12.6 Å². The van der Waals surface area contributed by atoms with Gasteiger partial charge in [-0.15, -0.1) is 0 Å². The second-order valence-corrected chi connectivity index (χ2v) is 3.41. The first kappa shape index (κ1) is 7.41. The van der Waals surface area contributed by atoms with Crippen LogP contribution >= 0.6 is 0 Å². The highest BCUT2D eigenvalue weighted by molar-refractivity contribution is 5.53. The molecule has 1 aliphatic rings. The summed E-state index contributed by atoms with van der Waals surface area (Å²) in [5.74, 6) is 0. The zero-order chi connectivity index (χ0) is 8.55. The first-order valence-corrected chi connectivity index (χ1v) is 4.30. The monoisotopic (exact) mass is 159 g/mol. The molecule has 62 valence electrons. The van der Waals surface area contributed by atoms with Crippen molar-refractivity contribution in [1.82, 2.24) is 0 Å². The fourth-order valence-corrected chi connectivity index (χ4v) is 1.75. The smallest absolute Gasteiger partial charge is 0.0352 e. The predicted molar refractivity (Wildman–Crippen MR) is 52.0 cm³/mol. The van der Waals surface area contributed by atoms with Crippen molar-refractivity contribution >= 4 is 5.69 Å². The lowest BCUT2D eigenvalue weighted by atomic mass is 9.88. The van der Waals surface area contributed by atoms with Gasteiger partial charge in [-0.05, 0) is 36.5 Å². The van der Waals surface area contributed by atoms with E-state index in [9.17, 15) is 0 Å². The Kier molecular flexibility index (Phi) is 1.65. The molecule has 0 radical (unpaired) electrons. The van der Waals surface area contributed by atoms with Crippen LogP contribution in [0, 0.1) is 0 Å². The van der Waals surface area contributed by atoms with Crippen LogP contribution in [0.5, 0.6) is 0 Å². The van der Waals surface area contributed by atoms with Gasteiger partial charge in [-0.25, -0.2) is 0 Å². The van der Waals surface area contributed by atoms with Crippen LogP contribution in [0.1, 0.15) is 17.5 Å². The van der Waals surface area contributed by atoms with Crippen molar-refractivity contribution < 1.29 is 0 Å². The number of benzene rings is 1. The molecule has 1 aliphatic carbocycles. The Morgan fingerprint density at radius 3 is 2.92 bits per heavy atom. The summed E-state index contributed by atoms with van der Waals surface area (Å²) in [7, 11) is 0. The molecule has 0 fully saturated rings. The second-order valence-electron chi connectivity index (χ2n) is 3.41. The van der Waals surface area contributed by atoms with Crippen molar-refractivity contribution in [3.05, 3.63) is 41.5 Å². The van der Waals surface area contributed by atoms with E-state index in [1.54, 1.807) is 0 Å². The summed E-state index contributed by atoms with van der Waals surface area (Å²) in [6, 6.07) is 6.16. The number of hydrogen-bond acceptors (Lipinski definition) is 1. The molecule has 0 atom stereocenters. The van der Waals surface area contributed by atoms with Gasteiger partial charge in [0.2, 0.25) is 0 Å². The summed E-state index contributed by atoms with van der Waals surface area (Å²) in [4.78, 5) is 0. The molecule has 0 heterocycles. The molecule has 1 aromatic rings. The predicted octanol–water partition coefficient (Wildman–Crippen LogP) is 2.31. The van der Waals surface area contributed by atoms with Crippen molar-refractivity contribution in [2.75, 3.05) is 5.73 Å². The summed E-state index contributed by atoms with van der Waals surface area (Å²) in [5.41, 5.74) is 10.8. The molecule has 2 rings (SSSR count). The molecule has 0 bridgehead atoms. The molecule has 0 aromatic heterocycles. The van der Waals surface area contributed by atoms with E-state index in [1.807, 2.05) is 12.1 Å². The average Bonchev–Trinajstić information content (AvgIpc) is 2.07. The van der Waals surface area contributed by atoms with E-state index in [4.69, 9.17) is 5.73 Å². The SMILES string of the molecule is C=C1CCc2cccc(N)c2C1. The third-order valence-electron chi connectivity index (χ3n) is 2.48. The minimum atomic E-state index is 0.924. The second kappa shape index (κ2) is 2.67. The van der Waals surface area contributed by atoms with Gasteiger partial charge < -0.3 is 5.73 Å². The highest BCUT2D eigenvalue weighted by atomic mass is 14.6. The number of anilines is 1. The molecule has 0 unspecified atom stereocenters. The van der Waals surface area contributed by atoms with Crippen molar-refractivity contribution in [2.45, 2.75) is 19.3 Å². The largest absolute Gasteiger partial charge is 0.398 e. The normalized spacial score (nSPS) is 15.8. The molecule has 2 N–H and O–H groups in total. The molecule has 0 amide bonds. The van der Waals surface area contributed by atoms with Gasteiger partial charge in [0.05, 0.1) is 0 Å². The van der Waals surface area contributed by atoms with Crippen molar-refractivity contribution in [2.24, 2.45) is 0 Å². The van der Waals surface area contributed by atoms with E-state index in [1.165, 1.54) is 16.7 Å². The number of hydrogen-bond donors (Lipinski definition) is 1. The van der Waals surface area contributed by atoms with Crippen LogP contribution < -0.4 is 5.73 Å². The maximum Gasteiger partial charge on any atom is 0.0352 e. The van der Waals surface area contributed by atoms with Gasteiger partial charge in [-0.1, -0.05) is 24.3 Å². The lowest BCUT2D eigenvalue weighted by Gasteiger charge is -2.19. The standard InChI is InChI=1S/C11H13N/c1-8-5-6-9-3-2-4-11(12)10(9)7-8/h2-4H,1,5-7,12H2. The minimum absolute atomic E-state index is 0.924. The Morgan fingerprint density at radius 1 is 1.25 bits per heavy atom. The highest BCUT2D eigenvalue weighted by Crippen LogP contribution is 2.27. The van der Waals surface area contributed by atoms with E-state index in [0.717, 1.165) is 24.9 Å². The number of aryl methyl sites for hydroxylation is 1. The Balaban J connectivity index is 2.50. The van der Waals surface area contributed by atoms with Gasteiger partial charge in [-0.3, -0.25) is 0 Å². The summed E-state index contributed by atoms with van der Waals surface area (Å²) in [6.07, 6.45) is 3.21. The lowest BCUT2D eigenvalue weighted by Crippen LogP contribution is -2.07. The number of rotatable bonds is 0. The highest BCUT2D eigenvalue weighted by Gasteiger charge is 2.12. The van der Waals surface area contributed by atoms with E-state index >= 15 is 0 Å². The van der Waals surface area contributed by atoms with Gasteiger partial charge in [0.15, 0.2) is 0 Å². The molecule has 1 heteroatoms. The van der Waals surface area contributed by atoms with Crippen molar-refractivity contribution in [3.63, 3.8) is 0 Å². The summed E-state index contributed by atoms with van der Waals surface area (Å²) in [6.45, 7) is 4.00. The first-order chi connectivity index (χ1) is 5.77. The van der Waals surface area contributed by atoms with Gasteiger partial charge in [0, 0.05) is 5.69 Å². The molecular weight excluding hydrogens is 146 g/mol. The van der Waals surface area contributed by atoms with E-state index in [-0.39, 0.29) is 0 Å². The zero-order valence-corrected chi connectivity index (χ0v) is 7.14. The summed E-state index contributed by atoms with van der Waals surface area (Å²) >= 11 is 0. The molecule has 0 aliphatic heterocycles. The van der Waals surface area contributed by atoms with Crippen LogP contribution in [0.25, 0.3) is 0 Å². The Bertz CT molecular complexity index is 326. The molecule has 0 saturated heterocycles. The molecule has 12 heavy (non-hydrogen) atoms. The summed E-state index contributed by atoms with van der Waals surface area (Å²) in [5, 5.41) is 0. The number of nitrogens with two attached hydrogens (primary N) is 1. The maximum atomic E-state index is 5.86. The quantitative estimate of drug-likeness (QED) is 0.456. The van der Waals surface area contributed by atoms with Crippen LogP contribution in [-0.2, 0) is 12.8 Å². The van der Waals surface area contributed by atoms with Crippen LogP contribution in [0.15, 0.2) is 30.4 Å². The number of allylic oxidation sites excluding steroid dienone is 1. The van der Waals surface area contributed by atoms with Crippen LogP contribution in [0.3, 0.4) is 0 Å². The lowest BCUT2D eigenvalue weighted by molar-refractivity contribution is 0.843. The third-order valence-corrected chi connectivity index (χ3v) is 2.48. The molecule has 1 nitrogen and oxygen atoms in total. The third kappa shape index (κ3) is 1.11. The average molecular weight is 159 g/mol. The fourth-order valence-electron chi connectivity index (χ4n) is 1.75. The van der Waals surface area contributed by atoms with Crippen molar-refractivity contribution in [1.29, 1.82) is 0 Å². The number of fused-ring (bicyclic) bond motifs is 1. The van der Waals surface area contributed by atoms with Gasteiger partial charge in [0.1, 0.15) is 0 Å². The number of nitrogen functional groups attached to an aromatic ring is 1. The minimum Gasteiger partial charge on any atom is -0.398 e. The molecule has 0 saturated carbocycles. The summed E-state index contributed by atoms with van der Waals surface area (Å²) < 4.78 is 0. The van der Waals surface area contributed by atoms with Crippen LogP contribution in [0.2, 0.25) is 0 Å². The molecule has 0 spiro atoms. The zero-order valence-electron chi connectivity index (χ0n) is 7.14. The van der Waals surface area contributed by atoms with Gasteiger partial charge in [-0.2, -0.15) is 0 Å². The Labute approximate surface area is 72.9 Å². The fraction of sp³-hybridized carbons (Fsp3) is 0.273. The Hall–Kier alpha value is -1.24. The maximum absolute atomic E-state index is 5.86. The van der Waals surface area contributed by atoms with Crippen LogP contribution in [-0.4, -0.2) is 0 Å². The Morgan fingerprint density at radius 2 is 2.08 bits per heavy atom. The van der Waals surface area contributed by atoms with Crippen molar-refractivity contribution in [3.8, 4) is 0 Å². The van der Waals surface area contributed by atoms with Gasteiger partial charge in [0.25, 0.3) is 0 Å². The van der Waals surface area contributed by atoms with Crippen LogP contribution in [0.4, 0.5) is 5.69 Å². The van der Waals surface area contributed by atoms with E-state index in [0.29, 0.717) is 0 Å². The van der Waals surface area contributed by atoms with Gasteiger partial charge >= 0.3 is 0 Å². The molecule has 1 aromatic carbocycles. The molecular formula is C11H13N. The first-order valence-electron chi connectivity index (χ1n) is 4.30.